The Balaban J connectivity index is 1.69. The molecular formula is C22H32N6O3. The van der Waals surface area contributed by atoms with Crippen LogP contribution in [0.5, 0.6) is 5.75 Å². The number of nitrogens with zero attached hydrogens (tertiary/aromatic N) is 4. The van der Waals surface area contributed by atoms with Gasteiger partial charge in [0.15, 0.2) is 5.82 Å². The average Bonchev–Trinajstić information content (AvgIpc) is 3.12. The van der Waals surface area contributed by atoms with E-state index in [1.165, 1.54) is 0 Å². The summed E-state index contributed by atoms with van der Waals surface area (Å²) in [6, 6.07) is 5.80. The Morgan fingerprint density at radius 1 is 1.19 bits per heavy atom. The van der Waals surface area contributed by atoms with E-state index in [2.05, 4.69) is 15.5 Å². The molecule has 3 aromatic rings. The molecule has 31 heavy (non-hydrogen) atoms. The molecule has 3 N–H and O–H groups in total. The monoisotopic (exact) mass is 428 g/mol. The molecule has 9 nitrogen and oxygen atoms in total. The highest BCUT2D eigenvalue weighted by Gasteiger charge is 2.23. The molecule has 0 saturated heterocycles. The van der Waals surface area contributed by atoms with Crippen LogP contribution in [0.4, 0.5) is 5.82 Å². The smallest absolute Gasteiger partial charge is 0.223 e. The Kier molecular flexibility index (Phi) is 7.27. The Bertz CT molecular complexity index is 1050. The second-order valence-corrected chi connectivity index (χ2v) is 8.34. The molecule has 9 heteroatoms. The Morgan fingerprint density at radius 3 is 2.74 bits per heavy atom. The van der Waals surface area contributed by atoms with E-state index in [-0.39, 0.29) is 5.91 Å². The Hall–Kier alpha value is -2.94. The van der Waals surface area contributed by atoms with E-state index < -0.39 is 5.41 Å². The molecule has 168 valence electrons. The SMILES string of the molecule is COCCOc1ccc2c(c1)nc(NCCCCCC(C)(C)C(N)=O)c1nnc(C)n12. The van der Waals surface area contributed by atoms with E-state index >= 15 is 0 Å². The number of hydrogen-bond acceptors (Lipinski definition) is 7. The summed E-state index contributed by atoms with van der Waals surface area (Å²) >= 11 is 0. The van der Waals surface area contributed by atoms with Gasteiger partial charge < -0.3 is 20.5 Å². The Labute approximate surface area is 182 Å². The number of nitrogens with two attached hydrogens (primary N) is 1. The predicted molar refractivity (Wildman–Crippen MR) is 120 cm³/mol. The molecule has 1 amide bonds. The fraction of sp³-hybridized carbons (Fsp3) is 0.545. The molecule has 0 aliphatic carbocycles. The number of carbonyl (C=O) groups excluding carboxylic acids is 1. The van der Waals surface area contributed by atoms with Gasteiger partial charge in [-0.2, -0.15) is 0 Å². The van der Waals surface area contributed by atoms with E-state index in [4.69, 9.17) is 20.2 Å². The molecule has 0 radical (unpaired) electrons. The second-order valence-electron chi connectivity index (χ2n) is 8.34. The fourth-order valence-electron chi connectivity index (χ4n) is 3.41. The number of amides is 1. The number of unbranched alkanes of at least 4 members (excludes halogenated alkanes) is 2. The predicted octanol–water partition coefficient (Wildman–Crippen LogP) is 3.09. The van der Waals surface area contributed by atoms with Gasteiger partial charge in [0.2, 0.25) is 11.6 Å². The van der Waals surface area contributed by atoms with Gasteiger partial charge in [-0.3, -0.25) is 9.20 Å². The van der Waals surface area contributed by atoms with Gasteiger partial charge in [0.05, 0.1) is 17.6 Å². The quantitative estimate of drug-likeness (QED) is 0.426. The highest BCUT2D eigenvalue weighted by molar-refractivity contribution is 5.84. The van der Waals surface area contributed by atoms with Gasteiger partial charge in [-0.15, -0.1) is 10.2 Å². The number of hydrogen-bond donors (Lipinski definition) is 2. The highest BCUT2D eigenvalue weighted by Crippen LogP contribution is 2.26. The molecule has 2 heterocycles. The van der Waals surface area contributed by atoms with Crippen molar-refractivity contribution in [2.75, 3.05) is 32.2 Å². The van der Waals surface area contributed by atoms with E-state index in [0.717, 1.165) is 54.8 Å². The molecule has 3 rings (SSSR count). The summed E-state index contributed by atoms with van der Waals surface area (Å²) in [6.07, 6.45) is 3.69. The number of ether oxygens (including phenoxy) is 2. The van der Waals surface area contributed by atoms with Crippen LogP contribution < -0.4 is 15.8 Å². The molecule has 0 atom stereocenters. The summed E-state index contributed by atoms with van der Waals surface area (Å²) in [5.74, 6) is 1.98. The first-order valence-corrected chi connectivity index (χ1v) is 10.6. The van der Waals surface area contributed by atoms with Crippen LogP contribution in [0.25, 0.3) is 16.7 Å². The van der Waals surface area contributed by atoms with E-state index in [9.17, 15) is 4.79 Å². The lowest BCUT2D eigenvalue weighted by atomic mass is 9.86. The maximum absolute atomic E-state index is 11.4. The van der Waals surface area contributed by atoms with Gasteiger partial charge in [0, 0.05) is 25.1 Å². The van der Waals surface area contributed by atoms with Crippen LogP contribution in [-0.4, -0.2) is 52.4 Å². The lowest BCUT2D eigenvalue weighted by Crippen LogP contribution is -2.31. The lowest BCUT2D eigenvalue weighted by molar-refractivity contribution is -0.126. The van der Waals surface area contributed by atoms with Crippen LogP contribution in [0.2, 0.25) is 0 Å². The van der Waals surface area contributed by atoms with Gasteiger partial charge in [0.1, 0.15) is 18.2 Å². The molecule has 0 unspecified atom stereocenters. The van der Waals surface area contributed by atoms with Crippen molar-refractivity contribution in [1.29, 1.82) is 0 Å². The number of primary amides is 1. The van der Waals surface area contributed by atoms with Crippen LogP contribution in [0.1, 0.15) is 45.4 Å². The lowest BCUT2D eigenvalue weighted by Gasteiger charge is -2.19. The summed E-state index contributed by atoms with van der Waals surface area (Å²) in [5.41, 5.74) is 7.42. The van der Waals surface area contributed by atoms with Gasteiger partial charge in [0.25, 0.3) is 0 Å². The largest absolute Gasteiger partial charge is 0.491 e. The standard InChI is InChI=1S/C22H32N6O3/c1-15-26-27-20-19(24-11-7-5-6-10-22(2,3)21(23)29)25-17-14-16(31-13-12-30-4)8-9-18(17)28(15)20/h8-9,14H,5-7,10-13H2,1-4H3,(H2,23,29)(H,24,25). The molecular weight excluding hydrogens is 396 g/mol. The summed E-state index contributed by atoms with van der Waals surface area (Å²) < 4.78 is 12.8. The molecule has 0 bridgehead atoms. The number of aromatic nitrogens is 4. The molecule has 0 spiro atoms. The maximum atomic E-state index is 11.4. The van der Waals surface area contributed by atoms with Crippen LogP contribution in [0.3, 0.4) is 0 Å². The summed E-state index contributed by atoms with van der Waals surface area (Å²) in [7, 11) is 1.65. The number of fused-ring (bicyclic) bond motifs is 3. The first-order chi connectivity index (χ1) is 14.8. The van der Waals surface area contributed by atoms with E-state index in [0.29, 0.717) is 24.7 Å². The zero-order valence-electron chi connectivity index (χ0n) is 18.8. The molecule has 2 aromatic heterocycles. The first-order valence-electron chi connectivity index (χ1n) is 10.6. The van der Waals surface area contributed by atoms with Crippen molar-refractivity contribution in [3.05, 3.63) is 24.0 Å². The molecule has 1 aromatic carbocycles. The molecule has 0 aliphatic heterocycles. The fourth-order valence-corrected chi connectivity index (χ4v) is 3.41. The second kappa shape index (κ2) is 9.91. The zero-order chi connectivity index (χ0) is 22.4. The van der Waals surface area contributed by atoms with Crippen LogP contribution in [0, 0.1) is 12.3 Å². The normalized spacial score (nSPS) is 11.9. The summed E-state index contributed by atoms with van der Waals surface area (Å²) in [5, 5.41) is 11.9. The minimum atomic E-state index is -0.457. The van der Waals surface area contributed by atoms with Crippen molar-refractivity contribution in [2.45, 2.75) is 46.5 Å². The number of aryl methyl sites for hydroxylation is 1. The minimum Gasteiger partial charge on any atom is -0.491 e. The van der Waals surface area contributed by atoms with Crippen molar-refractivity contribution >= 4 is 28.4 Å². The van der Waals surface area contributed by atoms with Crippen LogP contribution in [0.15, 0.2) is 18.2 Å². The molecule has 0 aliphatic rings. The van der Waals surface area contributed by atoms with Gasteiger partial charge in [-0.25, -0.2) is 4.98 Å². The summed E-state index contributed by atoms with van der Waals surface area (Å²) in [4.78, 5) is 16.2. The Morgan fingerprint density at radius 2 is 2.00 bits per heavy atom. The van der Waals surface area contributed by atoms with Gasteiger partial charge in [-0.05, 0) is 31.9 Å². The third-order valence-corrected chi connectivity index (χ3v) is 5.45. The number of anilines is 1. The van der Waals surface area contributed by atoms with Gasteiger partial charge >= 0.3 is 0 Å². The molecule has 0 fully saturated rings. The number of benzene rings is 1. The first kappa shape index (κ1) is 22.7. The minimum absolute atomic E-state index is 0.249. The van der Waals surface area contributed by atoms with E-state index in [1.807, 2.05) is 43.4 Å². The molecule has 0 saturated carbocycles. The van der Waals surface area contributed by atoms with Crippen LogP contribution in [-0.2, 0) is 9.53 Å². The summed E-state index contributed by atoms with van der Waals surface area (Å²) in [6.45, 7) is 7.47. The average molecular weight is 429 g/mol. The van der Waals surface area contributed by atoms with Crippen molar-refractivity contribution in [3.63, 3.8) is 0 Å². The highest BCUT2D eigenvalue weighted by atomic mass is 16.5. The zero-order valence-corrected chi connectivity index (χ0v) is 18.8. The number of nitrogens with one attached hydrogen (secondary N) is 1. The van der Waals surface area contributed by atoms with Crippen molar-refractivity contribution in [2.24, 2.45) is 11.1 Å². The van der Waals surface area contributed by atoms with Gasteiger partial charge in [-0.1, -0.05) is 26.7 Å². The third-order valence-electron chi connectivity index (χ3n) is 5.45. The van der Waals surface area contributed by atoms with Crippen molar-refractivity contribution < 1.29 is 14.3 Å². The number of methoxy groups -OCH3 is 1. The van der Waals surface area contributed by atoms with Crippen molar-refractivity contribution in [1.82, 2.24) is 19.6 Å². The van der Waals surface area contributed by atoms with Crippen LogP contribution >= 0.6 is 0 Å². The topological polar surface area (TPSA) is 117 Å². The number of carbonyl (C=O) groups is 1. The maximum Gasteiger partial charge on any atom is 0.223 e. The van der Waals surface area contributed by atoms with Crippen molar-refractivity contribution in [3.8, 4) is 5.75 Å². The van der Waals surface area contributed by atoms with E-state index in [1.54, 1.807) is 7.11 Å². The third kappa shape index (κ3) is 5.41. The number of rotatable bonds is 12.